The normalized spacial score (nSPS) is 11.8. The Balaban J connectivity index is 2.90. The van der Waals surface area contributed by atoms with Crippen LogP contribution in [0.25, 0.3) is 0 Å². The van der Waals surface area contributed by atoms with E-state index in [9.17, 15) is 4.39 Å². The molecule has 1 rings (SSSR count). The van der Waals surface area contributed by atoms with Gasteiger partial charge in [0.2, 0.25) is 0 Å². The Morgan fingerprint density at radius 2 is 1.85 bits per heavy atom. The summed E-state index contributed by atoms with van der Waals surface area (Å²) >= 11 is 0. The summed E-state index contributed by atoms with van der Waals surface area (Å²) in [6.07, 6.45) is 0.909. The van der Waals surface area contributed by atoms with Crippen molar-refractivity contribution in [2.45, 2.75) is 27.2 Å². The van der Waals surface area contributed by atoms with Gasteiger partial charge in [-0.15, -0.1) is 9.24 Å². The van der Waals surface area contributed by atoms with Gasteiger partial charge < -0.3 is 0 Å². The lowest BCUT2D eigenvalue weighted by Crippen LogP contribution is -2.10. The maximum atomic E-state index is 13.0. The van der Waals surface area contributed by atoms with Gasteiger partial charge in [0.05, 0.1) is 0 Å². The first-order valence-corrected chi connectivity index (χ1v) is 4.99. The summed E-state index contributed by atoms with van der Waals surface area (Å²) in [5, 5.41) is 0.916. The van der Waals surface area contributed by atoms with E-state index in [0.717, 1.165) is 17.3 Å². The molecule has 1 aromatic carbocycles. The molecule has 0 amide bonds. The van der Waals surface area contributed by atoms with E-state index in [0.29, 0.717) is 0 Å². The van der Waals surface area contributed by atoms with E-state index in [2.05, 4.69) is 30.0 Å². The Labute approximate surface area is 81.8 Å². The highest BCUT2D eigenvalue weighted by Crippen LogP contribution is 2.20. The predicted octanol–water partition coefficient (Wildman–Crippen LogP) is 2.91. The van der Waals surface area contributed by atoms with Crippen molar-refractivity contribution in [1.82, 2.24) is 0 Å². The molecule has 72 valence electrons. The van der Waals surface area contributed by atoms with E-state index in [4.69, 9.17) is 0 Å². The van der Waals surface area contributed by atoms with Crippen molar-refractivity contribution in [3.05, 3.63) is 29.6 Å². The Bertz CT molecular complexity index is 279. The molecule has 0 aliphatic rings. The van der Waals surface area contributed by atoms with Gasteiger partial charge >= 0.3 is 0 Å². The summed E-state index contributed by atoms with van der Waals surface area (Å²) in [4.78, 5) is 0. The van der Waals surface area contributed by atoms with Crippen LogP contribution in [0.15, 0.2) is 18.2 Å². The van der Waals surface area contributed by atoms with Crippen molar-refractivity contribution in [2.75, 3.05) is 0 Å². The zero-order valence-corrected chi connectivity index (χ0v) is 9.55. The van der Waals surface area contributed by atoms with Crippen LogP contribution in [-0.2, 0) is 6.42 Å². The zero-order chi connectivity index (χ0) is 10.1. The van der Waals surface area contributed by atoms with Gasteiger partial charge in [-0.05, 0) is 34.8 Å². The third-order valence-electron chi connectivity index (χ3n) is 1.71. The molecular weight excluding hydrogens is 182 g/mol. The van der Waals surface area contributed by atoms with Crippen molar-refractivity contribution < 1.29 is 4.39 Å². The lowest BCUT2D eigenvalue weighted by atomic mass is 9.88. The highest BCUT2D eigenvalue weighted by molar-refractivity contribution is 7.27. The van der Waals surface area contributed by atoms with Gasteiger partial charge in [0.15, 0.2) is 0 Å². The standard InChI is InChI=1S/C11H16FP/c1-11(2,3)7-8-4-9(12)6-10(13)5-8/h4-6H,7,13H2,1-3H3. The fourth-order valence-corrected chi connectivity index (χ4v) is 1.76. The number of hydrogen-bond acceptors (Lipinski definition) is 0. The average molecular weight is 198 g/mol. The monoisotopic (exact) mass is 198 g/mol. The number of hydrogen-bond donors (Lipinski definition) is 0. The second-order valence-corrected chi connectivity index (χ2v) is 5.30. The molecule has 0 saturated heterocycles. The Kier molecular flexibility index (Phi) is 3.08. The summed E-state index contributed by atoms with van der Waals surface area (Å²) in [5.41, 5.74) is 1.28. The maximum absolute atomic E-state index is 13.0. The summed E-state index contributed by atoms with van der Waals surface area (Å²) < 4.78 is 13.0. The molecule has 0 N–H and O–H groups in total. The molecule has 0 bridgehead atoms. The van der Waals surface area contributed by atoms with Crippen molar-refractivity contribution in [1.29, 1.82) is 0 Å². The highest BCUT2D eigenvalue weighted by Gasteiger charge is 2.11. The number of rotatable bonds is 1. The van der Waals surface area contributed by atoms with Crippen molar-refractivity contribution >= 4 is 14.5 Å². The molecule has 0 aliphatic heterocycles. The van der Waals surface area contributed by atoms with Crippen LogP contribution in [0.3, 0.4) is 0 Å². The Morgan fingerprint density at radius 1 is 1.23 bits per heavy atom. The molecule has 13 heavy (non-hydrogen) atoms. The summed E-state index contributed by atoms with van der Waals surface area (Å²) in [6.45, 7) is 6.46. The molecule has 0 saturated carbocycles. The lowest BCUT2D eigenvalue weighted by molar-refractivity contribution is 0.410. The van der Waals surface area contributed by atoms with Crippen LogP contribution in [0.4, 0.5) is 4.39 Å². The van der Waals surface area contributed by atoms with E-state index in [1.54, 1.807) is 6.07 Å². The number of benzene rings is 1. The minimum atomic E-state index is -0.147. The van der Waals surface area contributed by atoms with Gasteiger partial charge in [-0.25, -0.2) is 4.39 Å². The Hall–Kier alpha value is -0.420. The molecule has 1 aromatic rings. The Morgan fingerprint density at radius 3 is 2.31 bits per heavy atom. The second-order valence-electron chi connectivity index (χ2n) is 4.63. The molecule has 0 radical (unpaired) electrons. The van der Waals surface area contributed by atoms with E-state index in [1.807, 2.05) is 6.07 Å². The molecule has 0 aromatic heterocycles. The first-order chi connectivity index (χ1) is 5.87. The molecule has 0 fully saturated rings. The van der Waals surface area contributed by atoms with Crippen LogP contribution in [0.2, 0.25) is 0 Å². The third-order valence-corrected chi connectivity index (χ3v) is 2.05. The van der Waals surface area contributed by atoms with Crippen LogP contribution in [0.1, 0.15) is 26.3 Å². The molecule has 1 atom stereocenters. The molecule has 0 heterocycles. The molecule has 1 unspecified atom stereocenters. The van der Waals surface area contributed by atoms with Crippen molar-refractivity contribution in [3.63, 3.8) is 0 Å². The minimum Gasteiger partial charge on any atom is -0.207 e. The fraction of sp³-hybridized carbons (Fsp3) is 0.455. The van der Waals surface area contributed by atoms with Crippen LogP contribution in [-0.4, -0.2) is 0 Å². The predicted molar refractivity (Wildman–Crippen MR) is 58.9 cm³/mol. The van der Waals surface area contributed by atoms with Crippen LogP contribution in [0.5, 0.6) is 0 Å². The van der Waals surface area contributed by atoms with Crippen LogP contribution < -0.4 is 5.30 Å². The van der Waals surface area contributed by atoms with E-state index in [1.165, 1.54) is 6.07 Å². The van der Waals surface area contributed by atoms with Crippen LogP contribution in [0, 0.1) is 11.2 Å². The van der Waals surface area contributed by atoms with Gasteiger partial charge in [0.1, 0.15) is 5.82 Å². The second kappa shape index (κ2) is 3.75. The summed E-state index contributed by atoms with van der Waals surface area (Å²) in [5.74, 6) is -0.147. The minimum absolute atomic E-state index is 0.147. The van der Waals surface area contributed by atoms with Gasteiger partial charge in [-0.3, -0.25) is 0 Å². The molecule has 0 nitrogen and oxygen atoms in total. The quantitative estimate of drug-likeness (QED) is 0.609. The van der Waals surface area contributed by atoms with E-state index in [-0.39, 0.29) is 11.2 Å². The largest absolute Gasteiger partial charge is 0.207 e. The maximum Gasteiger partial charge on any atom is 0.124 e. The summed E-state index contributed by atoms with van der Waals surface area (Å²) in [6, 6.07) is 5.15. The van der Waals surface area contributed by atoms with Gasteiger partial charge in [0.25, 0.3) is 0 Å². The molecule has 0 spiro atoms. The first kappa shape index (κ1) is 10.7. The van der Waals surface area contributed by atoms with Crippen molar-refractivity contribution in [2.24, 2.45) is 5.41 Å². The fourth-order valence-electron chi connectivity index (χ4n) is 1.39. The van der Waals surface area contributed by atoms with Crippen LogP contribution >= 0.6 is 9.24 Å². The lowest BCUT2D eigenvalue weighted by Gasteiger charge is -2.18. The molecule has 2 heteroatoms. The average Bonchev–Trinajstić information content (AvgIpc) is 1.78. The van der Waals surface area contributed by atoms with Gasteiger partial charge in [0, 0.05) is 0 Å². The summed E-state index contributed by atoms with van der Waals surface area (Å²) in [7, 11) is 2.53. The van der Waals surface area contributed by atoms with Gasteiger partial charge in [-0.1, -0.05) is 26.8 Å². The first-order valence-electron chi connectivity index (χ1n) is 4.42. The highest BCUT2D eigenvalue weighted by atomic mass is 31.0. The SMILES string of the molecule is CC(C)(C)Cc1cc(F)cc(P)c1. The smallest absolute Gasteiger partial charge is 0.124 e. The molecular formula is C11H16FP. The van der Waals surface area contributed by atoms with E-state index < -0.39 is 0 Å². The third kappa shape index (κ3) is 3.87. The van der Waals surface area contributed by atoms with Crippen molar-refractivity contribution in [3.8, 4) is 0 Å². The van der Waals surface area contributed by atoms with Gasteiger partial charge in [-0.2, -0.15) is 0 Å². The van der Waals surface area contributed by atoms with E-state index >= 15 is 0 Å². The topological polar surface area (TPSA) is 0 Å². The number of halogens is 1. The zero-order valence-electron chi connectivity index (χ0n) is 8.39. The molecule has 0 aliphatic carbocycles.